The molecular formula is C13H22O4. The van der Waals surface area contributed by atoms with Gasteiger partial charge >= 0.3 is 5.97 Å². The van der Waals surface area contributed by atoms with Gasteiger partial charge in [0, 0.05) is 0 Å². The summed E-state index contributed by atoms with van der Waals surface area (Å²) in [6, 6.07) is 0. The highest BCUT2D eigenvalue weighted by molar-refractivity contribution is 5.69. The van der Waals surface area contributed by atoms with Gasteiger partial charge in [0.1, 0.15) is 0 Å². The van der Waals surface area contributed by atoms with Crippen molar-refractivity contribution in [3.05, 3.63) is 12.7 Å². The number of esters is 1. The average Bonchev–Trinajstić information content (AvgIpc) is 2.29. The van der Waals surface area contributed by atoms with Gasteiger partial charge in [-0.15, -0.1) is 6.58 Å². The molecule has 1 rings (SSSR count). The quantitative estimate of drug-likeness (QED) is 0.570. The zero-order chi connectivity index (χ0) is 12.7. The third-order valence-corrected chi connectivity index (χ3v) is 3.03. The summed E-state index contributed by atoms with van der Waals surface area (Å²) in [7, 11) is 1.39. The molecule has 0 spiro atoms. The van der Waals surface area contributed by atoms with Crippen molar-refractivity contribution in [2.45, 2.75) is 56.8 Å². The van der Waals surface area contributed by atoms with E-state index in [0.29, 0.717) is 19.3 Å². The zero-order valence-electron chi connectivity index (χ0n) is 10.4. The van der Waals surface area contributed by atoms with Crippen LogP contribution in [0, 0.1) is 0 Å². The Labute approximate surface area is 103 Å². The van der Waals surface area contributed by atoms with Gasteiger partial charge in [0.25, 0.3) is 0 Å². The minimum Gasteiger partial charge on any atom is -0.469 e. The van der Waals surface area contributed by atoms with E-state index in [1.54, 1.807) is 6.08 Å². The fourth-order valence-electron chi connectivity index (χ4n) is 2.17. The van der Waals surface area contributed by atoms with Gasteiger partial charge in [0.2, 0.25) is 0 Å². The minimum absolute atomic E-state index is 0.0494. The van der Waals surface area contributed by atoms with Crippen molar-refractivity contribution in [3.8, 4) is 0 Å². The fourth-order valence-corrected chi connectivity index (χ4v) is 2.17. The Kier molecular flexibility index (Phi) is 6.22. The number of ether oxygens (including phenoxy) is 2. The van der Waals surface area contributed by atoms with Crippen LogP contribution < -0.4 is 0 Å². The van der Waals surface area contributed by atoms with Crippen LogP contribution in [-0.2, 0) is 14.3 Å². The van der Waals surface area contributed by atoms with Gasteiger partial charge in [-0.3, -0.25) is 4.79 Å². The zero-order valence-corrected chi connectivity index (χ0v) is 10.4. The highest BCUT2D eigenvalue weighted by atomic mass is 16.5. The van der Waals surface area contributed by atoms with E-state index in [0.717, 1.165) is 19.3 Å². The molecule has 1 heterocycles. The number of carbonyl (C=O) groups excluding carboxylic acids is 1. The van der Waals surface area contributed by atoms with Gasteiger partial charge in [-0.1, -0.05) is 6.08 Å². The van der Waals surface area contributed by atoms with Crippen LogP contribution in [0.4, 0.5) is 0 Å². The smallest absolute Gasteiger partial charge is 0.308 e. The molecule has 98 valence electrons. The van der Waals surface area contributed by atoms with Crippen molar-refractivity contribution in [3.63, 3.8) is 0 Å². The van der Waals surface area contributed by atoms with Gasteiger partial charge in [0.05, 0.1) is 31.8 Å². The first-order valence-corrected chi connectivity index (χ1v) is 6.17. The lowest BCUT2D eigenvalue weighted by atomic mass is 9.97. The Hall–Kier alpha value is -0.870. The van der Waals surface area contributed by atoms with Crippen LogP contribution in [-0.4, -0.2) is 36.5 Å². The first-order chi connectivity index (χ1) is 8.15. The first-order valence-electron chi connectivity index (χ1n) is 6.17. The predicted octanol–water partition coefficient (Wildman–Crippen LogP) is 1.81. The van der Waals surface area contributed by atoms with Crippen LogP contribution in [0.2, 0.25) is 0 Å². The molecule has 1 N–H and O–H groups in total. The maximum absolute atomic E-state index is 11.1. The highest BCUT2D eigenvalue weighted by Gasteiger charge is 2.25. The number of rotatable bonds is 6. The Bertz CT molecular complexity index is 252. The van der Waals surface area contributed by atoms with E-state index in [9.17, 15) is 9.90 Å². The Morgan fingerprint density at radius 1 is 1.59 bits per heavy atom. The third kappa shape index (κ3) is 5.33. The molecule has 0 amide bonds. The van der Waals surface area contributed by atoms with Crippen LogP contribution in [0.5, 0.6) is 0 Å². The largest absolute Gasteiger partial charge is 0.469 e. The summed E-state index contributed by atoms with van der Waals surface area (Å²) in [5, 5.41) is 9.67. The molecule has 0 bridgehead atoms. The van der Waals surface area contributed by atoms with Crippen LogP contribution in [0.25, 0.3) is 0 Å². The lowest BCUT2D eigenvalue weighted by molar-refractivity contribution is -0.147. The molecule has 1 unspecified atom stereocenters. The molecule has 4 nitrogen and oxygen atoms in total. The lowest BCUT2D eigenvalue weighted by Gasteiger charge is -2.30. The summed E-state index contributed by atoms with van der Waals surface area (Å²) >= 11 is 0. The number of hydrogen-bond donors (Lipinski definition) is 1. The molecule has 4 heteroatoms. The van der Waals surface area contributed by atoms with Crippen molar-refractivity contribution >= 4 is 5.97 Å². The van der Waals surface area contributed by atoms with Crippen LogP contribution in [0.3, 0.4) is 0 Å². The van der Waals surface area contributed by atoms with Gasteiger partial charge in [-0.2, -0.15) is 0 Å². The second kappa shape index (κ2) is 7.45. The monoisotopic (exact) mass is 242 g/mol. The highest BCUT2D eigenvalue weighted by Crippen LogP contribution is 2.24. The van der Waals surface area contributed by atoms with Crippen LogP contribution in [0.15, 0.2) is 12.7 Å². The maximum atomic E-state index is 11.1. The van der Waals surface area contributed by atoms with E-state index in [4.69, 9.17) is 4.74 Å². The van der Waals surface area contributed by atoms with E-state index < -0.39 is 6.10 Å². The number of methoxy groups -OCH3 is 1. The van der Waals surface area contributed by atoms with Gasteiger partial charge < -0.3 is 14.6 Å². The number of hydrogen-bond acceptors (Lipinski definition) is 4. The molecule has 1 fully saturated rings. The SMILES string of the molecule is C=CCC(O)C[C@H]1CCC[C@H](CC(=O)OC)O1. The molecule has 1 saturated heterocycles. The maximum Gasteiger partial charge on any atom is 0.308 e. The van der Waals surface area contributed by atoms with Crippen molar-refractivity contribution in [2.24, 2.45) is 0 Å². The molecule has 0 aromatic carbocycles. The molecule has 1 aliphatic rings. The minimum atomic E-state index is -0.394. The molecule has 17 heavy (non-hydrogen) atoms. The topological polar surface area (TPSA) is 55.8 Å². The lowest BCUT2D eigenvalue weighted by Crippen LogP contribution is -2.32. The van der Waals surface area contributed by atoms with E-state index in [1.807, 2.05) is 0 Å². The fraction of sp³-hybridized carbons (Fsp3) is 0.769. The Balaban J connectivity index is 2.32. The summed E-state index contributed by atoms with van der Waals surface area (Å²) in [6.45, 7) is 3.60. The van der Waals surface area contributed by atoms with Gasteiger partial charge in [-0.25, -0.2) is 0 Å². The number of aliphatic hydroxyl groups is 1. The van der Waals surface area contributed by atoms with Crippen LogP contribution >= 0.6 is 0 Å². The van der Waals surface area contributed by atoms with E-state index in [-0.39, 0.29) is 18.2 Å². The second-order valence-corrected chi connectivity index (χ2v) is 4.51. The summed E-state index contributed by atoms with van der Waals surface area (Å²) in [5.41, 5.74) is 0. The Morgan fingerprint density at radius 2 is 2.29 bits per heavy atom. The van der Waals surface area contributed by atoms with E-state index in [2.05, 4.69) is 11.3 Å². The molecule has 0 aliphatic carbocycles. The standard InChI is InChI=1S/C13H22O4/c1-3-5-10(14)8-11-6-4-7-12(17-11)9-13(15)16-2/h3,10-12,14H,1,4-9H2,2H3/t10?,11-,12-/m1/s1. The summed E-state index contributed by atoms with van der Waals surface area (Å²) < 4.78 is 10.4. The molecule has 0 saturated carbocycles. The van der Waals surface area contributed by atoms with Crippen molar-refractivity contribution in [2.75, 3.05) is 7.11 Å². The number of aliphatic hydroxyl groups excluding tert-OH is 1. The second-order valence-electron chi connectivity index (χ2n) is 4.51. The number of carbonyl (C=O) groups is 1. The third-order valence-electron chi connectivity index (χ3n) is 3.03. The van der Waals surface area contributed by atoms with Crippen molar-refractivity contribution in [1.29, 1.82) is 0 Å². The van der Waals surface area contributed by atoms with E-state index in [1.165, 1.54) is 7.11 Å². The van der Waals surface area contributed by atoms with E-state index >= 15 is 0 Å². The van der Waals surface area contributed by atoms with Gasteiger partial charge in [0.15, 0.2) is 0 Å². The average molecular weight is 242 g/mol. The Morgan fingerprint density at radius 3 is 2.94 bits per heavy atom. The molecule has 0 aromatic rings. The van der Waals surface area contributed by atoms with Crippen LogP contribution in [0.1, 0.15) is 38.5 Å². The summed E-state index contributed by atoms with van der Waals surface area (Å²) in [6.07, 6.45) is 5.69. The predicted molar refractivity (Wildman–Crippen MR) is 64.6 cm³/mol. The normalized spacial score (nSPS) is 26.2. The van der Waals surface area contributed by atoms with Crippen molar-refractivity contribution in [1.82, 2.24) is 0 Å². The molecular weight excluding hydrogens is 220 g/mol. The van der Waals surface area contributed by atoms with Crippen molar-refractivity contribution < 1.29 is 19.4 Å². The van der Waals surface area contributed by atoms with Gasteiger partial charge in [-0.05, 0) is 32.1 Å². The molecule has 3 atom stereocenters. The first kappa shape index (κ1) is 14.2. The molecule has 0 aromatic heterocycles. The summed E-state index contributed by atoms with van der Waals surface area (Å²) in [4.78, 5) is 11.1. The molecule has 0 radical (unpaired) electrons. The molecule has 1 aliphatic heterocycles. The summed E-state index contributed by atoms with van der Waals surface area (Å²) in [5.74, 6) is -0.234.